The van der Waals surface area contributed by atoms with E-state index in [4.69, 9.17) is 4.74 Å². The number of aldehydes is 1. The Morgan fingerprint density at radius 1 is 0.976 bits per heavy atom. The summed E-state index contributed by atoms with van der Waals surface area (Å²) < 4.78 is 30.3. The van der Waals surface area contributed by atoms with E-state index in [-0.39, 0.29) is 5.91 Å². The minimum atomic E-state index is -3.15. The van der Waals surface area contributed by atoms with Crippen molar-refractivity contribution in [2.45, 2.75) is 19.4 Å². The summed E-state index contributed by atoms with van der Waals surface area (Å²) in [4.78, 5) is 30.8. The maximum absolute atomic E-state index is 13.6. The molecule has 0 saturated carbocycles. The van der Waals surface area contributed by atoms with Gasteiger partial charge in [0, 0.05) is 33.1 Å². The monoisotopic (exact) mass is 594 g/mol. The third-order valence-electron chi connectivity index (χ3n) is 5.87. The van der Waals surface area contributed by atoms with Gasteiger partial charge >= 0.3 is 0 Å². The molecular formula is C30H34N4O5S2. The van der Waals surface area contributed by atoms with Crippen LogP contribution in [0.3, 0.4) is 0 Å². The third-order valence-corrected chi connectivity index (χ3v) is 8.20. The first-order valence-corrected chi connectivity index (χ1v) is 15.2. The van der Waals surface area contributed by atoms with Gasteiger partial charge in [-0.15, -0.1) is 11.3 Å². The molecule has 216 valence electrons. The van der Waals surface area contributed by atoms with E-state index in [1.165, 1.54) is 38.0 Å². The molecule has 41 heavy (non-hydrogen) atoms. The first kappa shape index (κ1) is 31.6. The van der Waals surface area contributed by atoms with Crippen LogP contribution in [0.4, 0.5) is 0 Å². The van der Waals surface area contributed by atoms with Gasteiger partial charge in [-0.05, 0) is 42.7 Å². The number of aromatic nitrogens is 1. The summed E-state index contributed by atoms with van der Waals surface area (Å²) in [6.07, 6.45) is 2.40. The Labute approximate surface area is 245 Å². The van der Waals surface area contributed by atoms with Gasteiger partial charge in [0.2, 0.25) is 0 Å². The molecule has 0 spiro atoms. The Bertz CT molecular complexity index is 1490. The van der Waals surface area contributed by atoms with Crippen molar-refractivity contribution >= 4 is 33.7 Å². The number of hydrogen-bond donors (Lipinski definition) is 1. The first-order valence-electron chi connectivity index (χ1n) is 12.9. The molecule has 1 N–H and O–H groups in total. The van der Waals surface area contributed by atoms with Crippen molar-refractivity contribution in [2.75, 3.05) is 27.7 Å². The van der Waals surface area contributed by atoms with Crippen molar-refractivity contribution in [3.63, 3.8) is 0 Å². The SMILES string of the molecule is CNS(=O)(=O)N(C)C.O=Cc1csc(CN(CCCc2ccccc2)C(=O)c2ccccc2Oc2ccccc2)n1. The van der Waals surface area contributed by atoms with Gasteiger partial charge in [0.1, 0.15) is 22.2 Å². The van der Waals surface area contributed by atoms with Crippen LogP contribution in [-0.2, 0) is 23.2 Å². The quantitative estimate of drug-likeness (QED) is 0.230. The lowest BCUT2D eigenvalue weighted by atomic mass is 10.1. The zero-order valence-corrected chi connectivity index (χ0v) is 24.9. The van der Waals surface area contributed by atoms with Gasteiger partial charge in [0.05, 0.1) is 12.1 Å². The van der Waals surface area contributed by atoms with Crippen LogP contribution in [0.25, 0.3) is 0 Å². The summed E-state index contributed by atoms with van der Waals surface area (Å²) in [5.74, 6) is 1.05. The number of nitrogens with one attached hydrogen (secondary N) is 1. The molecule has 0 aliphatic rings. The van der Waals surface area contributed by atoms with Crippen LogP contribution < -0.4 is 9.46 Å². The molecule has 0 atom stereocenters. The van der Waals surface area contributed by atoms with Crippen LogP contribution in [0, 0.1) is 0 Å². The lowest BCUT2D eigenvalue weighted by Crippen LogP contribution is -2.32. The van der Waals surface area contributed by atoms with Crippen molar-refractivity contribution < 1.29 is 22.7 Å². The molecule has 4 aromatic rings. The molecule has 0 bridgehead atoms. The molecule has 4 rings (SSSR count). The van der Waals surface area contributed by atoms with Crippen LogP contribution in [0.1, 0.15) is 37.8 Å². The van der Waals surface area contributed by atoms with Gasteiger partial charge in [0.15, 0.2) is 6.29 Å². The molecule has 0 fully saturated rings. The van der Waals surface area contributed by atoms with Crippen LogP contribution >= 0.6 is 11.3 Å². The van der Waals surface area contributed by atoms with E-state index in [9.17, 15) is 18.0 Å². The summed E-state index contributed by atoms with van der Waals surface area (Å²) >= 11 is 1.38. The maximum atomic E-state index is 13.6. The normalized spacial score (nSPS) is 10.9. The largest absolute Gasteiger partial charge is 0.457 e. The average Bonchev–Trinajstić information content (AvgIpc) is 3.45. The van der Waals surface area contributed by atoms with Gasteiger partial charge in [-0.1, -0.05) is 60.7 Å². The summed E-state index contributed by atoms with van der Waals surface area (Å²) in [5, 5.41) is 2.44. The molecule has 0 saturated heterocycles. The number of nitrogens with zero attached hydrogens (tertiary/aromatic N) is 3. The minimum Gasteiger partial charge on any atom is -0.457 e. The molecule has 0 aliphatic carbocycles. The molecule has 1 heterocycles. The van der Waals surface area contributed by atoms with E-state index >= 15 is 0 Å². The van der Waals surface area contributed by atoms with E-state index in [1.54, 1.807) is 22.4 Å². The number of ether oxygens (including phenoxy) is 1. The number of carbonyl (C=O) groups excluding carboxylic acids is 2. The van der Waals surface area contributed by atoms with Gasteiger partial charge in [-0.25, -0.2) is 9.71 Å². The highest BCUT2D eigenvalue weighted by molar-refractivity contribution is 7.87. The molecule has 1 amide bonds. The van der Waals surface area contributed by atoms with Crippen LogP contribution in [0.5, 0.6) is 11.5 Å². The standard InChI is InChI=1S/C27H24N2O3S.C3H10N2O2S/c30-19-22-20-33-26(28-22)18-29(17-9-12-21-10-3-1-4-11-21)27(31)24-15-7-8-16-25(24)32-23-13-5-2-6-14-23;1-4-8(6,7)5(2)3/h1-8,10-11,13-16,19-20H,9,12,17-18H2;4H,1-3H3. The number of aryl methyl sites for hydroxylation is 1. The fourth-order valence-corrected chi connectivity index (χ4v) is 4.81. The van der Waals surface area contributed by atoms with Crippen LogP contribution in [0.2, 0.25) is 0 Å². The third kappa shape index (κ3) is 9.90. The molecule has 1 aromatic heterocycles. The average molecular weight is 595 g/mol. The van der Waals surface area contributed by atoms with Crippen LogP contribution in [0.15, 0.2) is 90.3 Å². The zero-order valence-electron chi connectivity index (χ0n) is 23.3. The second-order valence-corrected chi connectivity index (χ2v) is 12.0. The fraction of sp³-hybridized carbons (Fsp3) is 0.233. The van der Waals surface area contributed by atoms with Crippen molar-refractivity contribution in [1.82, 2.24) is 18.9 Å². The fourth-order valence-electron chi connectivity index (χ4n) is 3.69. The number of para-hydroxylation sites is 2. The lowest BCUT2D eigenvalue weighted by Gasteiger charge is -2.23. The summed E-state index contributed by atoms with van der Waals surface area (Å²) in [6.45, 7) is 0.898. The van der Waals surface area contributed by atoms with Gasteiger partial charge < -0.3 is 9.64 Å². The van der Waals surface area contributed by atoms with Crippen molar-refractivity contribution in [1.29, 1.82) is 0 Å². The van der Waals surface area contributed by atoms with E-state index in [0.29, 0.717) is 35.8 Å². The number of amides is 1. The highest BCUT2D eigenvalue weighted by Crippen LogP contribution is 2.27. The molecule has 3 aromatic carbocycles. The summed E-state index contributed by atoms with van der Waals surface area (Å²) in [5.41, 5.74) is 2.11. The number of hydrogen-bond acceptors (Lipinski definition) is 7. The number of rotatable bonds is 12. The summed E-state index contributed by atoms with van der Waals surface area (Å²) in [6, 6.07) is 26.9. The Hall–Kier alpha value is -3.90. The topological polar surface area (TPSA) is 109 Å². The summed E-state index contributed by atoms with van der Waals surface area (Å²) in [7, 11) is 1.15. The highest BCUT2D eigenvalue weighted by Gasteiger charge is 2.21. The lowest BCUT2D eigenvalue weighted by molar-refractivity contribution is 0.0738. The van der Waals surface area contributed by atoms with Gasteiger partial charge in [0.25, 0.3) is 16.1 Å². The Morgan fingerprint density at radius 3 is 2.20 bits per heavy atom. The minimum absolute atomic E-state index is 0.127. The zero-order chi connectivity index (χ0) is 29.7. The van der Waals surface area contributed by atoms with Crippen LogP contribution in [-0.4, -0.2) is 62.5 Å². The van der Waals surface area contributed by atoms with Gasteiger partial charge in [-0.3, -0.25) is 9.59 Å². The predicted molar refractivity (Wildman–Crippen MR) is 162 cm³/mol. The van der Waals surface area contributed by atoms with E-state index < -0.39 is 10.2 Å². The predicted octanol–water partition coefficient (Wildman–Crippen LogP) is 5.04. The Morgan fingerprint density at radius 2 is 1.61 bits per heavy atom. The maximum Gasteiger partial charge on any atom is 0.278 e. The number of benzene rings is 3. The molecule has 11 heteroatoms. The highest BCUT2D eigenvalue weighted by atomic mass is 32.2. The van der Waals surface area contributed by atoms with Crippen molar-refractivity contribution in [3.05, 3.63) is 112 Å². The molecule has 9 nitrogen and oxygen atoms in total. The smallest absolute Gasteiger partial charge is 0.278 e. The Balaban J connectivity index is 0.000000507. The second-order valence-electron chi connectivity index (χ2n) is 9.00. The number of thiazole rings is 1. The van der Waals surface area contributed by atoms with E-state index in [2.05, 4.69) is 21.8 Å². The van der Waals surface area contributed by atoms with Crippen molar-refractivity contribution in [2.24, 2.45) is 0 Å². The van der Waals surface area contributed by atoms with Gasteiger partial charge in [-0.2, -0.15) is 12.7 Å². The van der Waals surface area contributed by atoms with E-state index in [1.807, 2.05) is 60.7 Å². The second kappa shape index (κ2) is 15.8. The van der Waals surface area contributed by atoms with E-state index in [0.717, 1.165) is 28.4 Å². The van der Waals surface area contributed by atoms with Crippen molar-refractivity contribution in [3.8, 4) is 11.5 Å². The first-order chi connectivity index (χ1) is 19.7. The molecule has 0 unspecified atom stereocenters. The Kier molecular flexibility index (Phi) is 12.2. The molecule has 0 aliphatic heterocycles. The molecule has 0 radical (unpaired) electrons. The number of carbonyl (C=O) groups is 2. The molecular weight excluding hydrogens is 560 g/mol.